The maximum absolute atomic E-state index is 13.6. The van der Waals surface area contributed by atoms with E-state index in [2.05, 4.69) is 10.2 Å². The molecule has 2 rings (SSSR count). The summed E-state index contributed by atoms with van der Waals surface area (Å²) < 4.78 is 26.4. The fraction of sp³-hybridized carbons (Fsp3) is 0.167. The van der Waals surface area contributed by atoms with Gasteiger partial charge in [0.1, 0.15) is 11.6 Å². The van der Waals surface area contributed by atoms with Crippen molar-refractivity contribution in [2.75, 3.05) is 0 Å². The van der Waals surface area contributed by atoms with Crippen LogP contribution in [-0.2, 0) is 11.2 Å². The average Bonchev–Trinajstić information content (AvgIpc) is 2.74. The lowest BCUT2D eigenvalue weighted by Crippen LogP contribution is -1.98. The molecule has 0 aliphatic heterocycles. The zero-order valence-corrected chi connectivity index (χ0v) is 9.28. The van der Waals surface area contributed by atoms with Gasteiger partial charge in [0.05, 0.1) is 11.9 Å². The maximum atomic E-state index is 13.6. The van der Waals surface area contributed by atoms with E-state index < -0.39 is 17.6 Å². The molecule has 0 saturated heterocycles. The Balaban J connectivity index is 2.33. The van der Waals surface area contributed by atoms with Gasteiger partial charge in [0.25, 0.3) is 0 Å². The van der Waals surface area contributed by atoms with E-state index in [1.807, 2.05) is 0 Å². The number of nitrogens with one attached hydrogen (secondary N) is 1. The molecule has 0 aliphatic carbocycles. The van der Waals surface area contributed by atoms with Gasteiger partial charge >= 0.3 is 5.97 Å². The smallest absolute Gasteiger partial charge is 0.303 e. The van der Waals surface area contributed by atoms with Crippen LogP contribution in [0.4, 0.5) is 8.78 Å². The summed E-state index contributed by atoms with van der Waals surface area (Å²) in [6.07, 6.45) is 1.61. The molecular formula is C12H10F2N2O2. The SMILES string of the molecule is O=C(O)CCc1cn[nH]c1-c1ccc(F)cc1F. The minimum atomic E-state index is -0.943. The van der Waals surface area contributed by atoms with Crippen LogP contribution >= 0.6 is 0 Å². The van der Waals surface area contributed by atoms with Crippen LogP contribution in [0.2, 0.25) is 0 Å². The van der Waals surface area contributed by atoms with E-state index in [1.165, 1.54) is 12.3 Å². The highest BCUT2D eigenvalue weighted by Gasteiger charge is 2.13. The molecule has 0 unspecified atom stereocenters. The van der Waals surface area contributed by atoms with Crippen molar-refractivity contribution in [3.8, 4) is 11.3 Å². The zero-order chi connectivity index (χ0) is 13.1. The zero-order valence-electron chi connectivity index (χ0n) is 9.28. The topological polar surface area (TPSA) is 66.0 Å². The summed E-state index contributed by atoms with van der Waals surface area (Å²) in [4.78, 5) is 10.5. The van der Waals surface area contributed by atoms with Gasteiger partial charge in [-0.05, 0) is 24.1 Å². The van der Waals surface area contributed by atoms with E-state index in [0.29, 0.717) is 11.3 Å². The second kappa shape index (κ2) is 4.95. The van der Waals surface area contributed by atoms with Crippen molar-refractivity contribution in [1.29, 1.82) is 0 Å². The normalized spacial score (nSPS) is 10.6. The number of carbonyl (C=O) groups is 1. The van der Waals surface area contributed by atoms with E-state index in [1.54, 1.807) is 0 Å². The molecule has 0 spiro atoms. The molecule has 0 atom stereocenters. The number of carboxylic acid groups (broad SMARTS) is 1. The van der Waals surface area contributed by atoms with Gasteiger partial charge in [0.2, 0.25) is 0 Å². The summed E-state index contributed by atoms with van der Waals surface area (Å²) in [7, 11) is 0. The number of aliphatic carboxylic acids is 1. The van der Waals surface area contributed by atoms with Crippen LogP contribution in [0, 0.1) is 11.6 Å². The number of rotatable bonds is 4. The molecule has 2 aromatic rings. The number of carboxylic acids is 1. The van der Waals surface area contributed by atoms with Gasteiger partial charge < -0.3 is 5.11 Å². The van der Waals surface area contributed by atoms with Crippen molar-refractivity contribution in [2.45, 2.75) is 12.8 Å². The van der Waals surface area contributed by atoms with Gasteiger partial charge in [-0.1, -0.05) is 0 Å². The molecular weight excluding hydrogens is 242 g/mol. The molecule has 18 heavy (non-hydrogen) atoms. The number of hydrogen-bond acceptors (Lipinski definition) is 2. The van der Waals surface area contributed by atoms with Gasteiger partial charge in [-0.15, -0.1) is 0 Å². The van der Waals surface area contributed by atoms with Crippen molar-refractivity contribution in [2.24, 2.45) is 0 Å². The standard InChI is InChI=1S/C12H10F2N2O2/c13-8-2-3-9(10(14)5-8)12-7(6-15-16-12)1-4-11(17)18/h2-3,5-6H,1,4H2,(H,15,16)(H,17,18). The summed E-state index contributed by atoms with van der Waals surface area (Å²) >= 11 is 0. The molecule has 0 bridgehead atoms. The average molecular weight is 252 g/mol. The first kappa shape index (κ1) is 12.2. The lowest BCUT2D eigenvalue weighted by Gasteiger charge is -2.03. The molecule has 0 amide bonds. The van der Waals surface area contributed by atoms with Crippen LogP contribution in [0.3, 0.4) is 0 Å². The second-order valence-corrected chi connectivity index (χ2v) is 3.79. The van der Waals surface area contributed by atoms with E-state index in [-0.39, 0.29) is 18.4 Å². The third-order valence-electron chi connectivity index (χ3n) is 2.53. The number of benzene rings is 1. The van der Waals surface area contributed by atoms with Crippen LogP contribution in [0.25, 0.3) is 11.3 Å². The molecule has 1 aromatic carbocycles. The summed E-state index contributed by atoms with van der Waals surface area (Å²) in [5, 5.41) is 15.0. The Kier molecular flexibility index (Phi) is 3.36. The molecule has 6 heteroatoms. The lowest BCUT2D eigenvalue weighted by atomic mass is 10.0. The largest absolute Gasteiger partial charge is 0.481 e. The van der Waals surface area contributed by atoms with Crippen LogP contribution in [0.15, 0.2) is 24.4 Å². The van der Waals surface area contributed by atoms with Gasteiger partial charge in [-0.3, -0.25) is 9.89 Å². The monoisotopic (exact) mass is 252 g/mol. The van der Waals surface area contributed by atoms with Crippen LogP contribution in [0.1, 0.15) is 12.0 Å². The Morgan fingerprint density at radius 2 is 2.17 bits per heavy atom. The lowest BCUT2D eigenvalue weighted by molar-refractivity contribution is -0.136. The quantitative estimate of drug-likeness (QED) is 0.877. The van der Waals surface area contributed by atoms with Gasteiger partial charge in [-0.25, -0.2) is 8.78 Å². The Morgan fingerprint density at radius 1 is 1.39 bits per heavy atom. The van der Waals surface area contributed by atoms with E-state index >= 15 is 0 Å². The van der Waals surface area contributed by atoms with Crippen LogP contribution < -0.4 is 0 Å². The molecule has 94 valence electrons. The molecule has 0 aliphatic rings. The van der Waals surface area contributed by atoms with E-state index in [0.717, 1.165) is 12.1 Å². The number of hydrogen-bond donors (Lipinski definition) is 2. The minimum absolute atomic E-state index is 0.0741. The second-order valence-electron chi connectivity index (χ2n) is 3.79. The van der Waals surface area contributed by atoms with Crippen molar-refractivity contribution < 1.29 is 18.7 Å². The first-order chi connectivity index (χ1) is 8.58. The fourth-order valence-electron chi connectivity index (χ4n) is 1.67. The van der Waals surface area contributed by atoms with Crippen LogP contribution in [0.5, 0.6) is 0 Å². The van der Waals surface area contributed by atoms with Gasteiger partial charge in [0.15, 0.2) is 0 Å². The summed E-state index contributed by atoms with van der Waals surface area (Å²) in [6, 6.07) is 3.21. The first-order valence-corrected chi connectivity index (χ1v) is 5.27. The summed E-state index contributed by atoms with van der Waals surface area (Å²) in [6.45, 7) is 0. The Hall–Kier alpha value is -2.24. The number of H-pyrrole nitrogens is 1. The molecule has 4 nitrogen and oxygen atoms in total. The number of aromatic nitrogens is 2. The van der Waals surface area contributed by atoms with Crippen molar-refractivity contribution in [3.05, 3.63) is 41.6 Å². The number of aryl methyl sites for hydroxylation is 1. The molecule has 0 radical (unpaired) electrons. The van der Waals surface area contributed by atoms with Gasteiger partial charge in [0, 0.05) is 18.1 Å². The fourth-order valence-corrected chi connectivity index (χ4v) is 1.67. The number of aromatic amines is 1. The van der Waals surface area contributed by atoms with E-state index in [9.17, 15) is 13.6 Å². The molecule has 0 fully saturated rings. The molecule has 1 aromatic heterocycles. The number of halogens is 2. The molecule has 0 saturated carbocycles. The Labute approximate surface area is 101 Å². The van der Waals surface area contributed by atoms with Crippen molar-refractivity contribution >= 4 is 5.97 Å². The first-order valence-electron chi connectivity index (χ1n) is 5.27. The summed E-state index contributed by atoms with van der Waals surface area (Å²) in [5.74, 6) is -2.32. The predicted molar refractivity (Wildman–Crippen MR) is 59.9 cm³/mol. The van der Waals surface area contributed by atoms with Gasteiger partial charge in [-0.2, -0.15) is 5.10 Å². The maximum Gasteiger partial charge on any atom is 0.303 e. The van der Waals surface area contributed by atoms with E-state index in [4.69, 9.17) is 5.11 Å². The minimum Gasteiger partial charge on any atom is -0.481 e. The Morgan fingerprint density at radius 3 is 2.83 bits per heavy atom. The highest BCUT2D eigenvalue weighted by atomic mass is 19.1. The molecule has 1 heterocycles. The summed E-state index contributed by atoms with van der Waals surface area (Å²) in [5.41, 5.74) is 1.14. The van der Waals surface area contributed by atoms with Crippen LogP contribution in [-0.4, -0.2) is 21.3 Å². The van der Waals surface area contributed by atoms with Crippen molar-refractivity contribution in [1.82, 2.24) is 10.2 Å². The predicted octanol–water partition coefficient (Wildman–Crippen LogP) is 2.37. The number of nitrogens with zero attached hydrogens (tertiary/aromatic N) is 1. The highest BCUT2D eigenvalue weighted by molar-refractivity contribution is 5.69. The highest BCUT2D eigenvalue weighted by Crippen LogP contribution is 2.25. The third-order valence-corrected chi connectivity index (χ3v) is 2.53. The molecule has 2 N–H and O–H groups in total. The Bertz CT molecular complexity index is 581. The van der Waals surface area contributed by atoms with Crippen molar-refractivity contribution in [3.63, 3.8) is 0 Å². The third kappa shape index (κ3) is 2.53.